The predicted octanol–water partition coefficient (Wildman–Crippen LogP) is 0.488. The molecule has 10 heteroatoms. The molecule has 1 saturated heterocycles. The molecule has 24 heavy (non-hydrogen) atoms. The van der Waals surface area contributed by atoms with Crippen LogP contribution >= 0.6 is 0 Å². The van der Waals surface area contributed by atoms with Gasteiger partial charge in [0.15, 0.2) is 0 Å². The lowest BCUT2D eigenvalue weighted by atomic mass is 10.1. The molecule has 1 heterocycles. The van der Waals surface area contributed by atoms with Crippen molar-refractivity contribution in [3.8, 4) is 0 Å². The number of nitrogens with one attached hydrogen (secondary N) is 1. The molecule has 0 radical (unpaired) electrons. The van der Waals surface area contributed by atoms with Gasteiger partial charge in [-0.3, -0.25) is 4.72 Å². The Bertz CT molecular complexity index is 785. The Balaban J connectivity index is 2.41. The lowest BCUT2D eigenvalue weighted by Crippen LogP contribution is -2.40. The zero-order valence-electron chi connectivity index (χ0n) is 14.0. The van der Waals surface area contributed by atoms with Gasteiger partial charge in [-0.15, -0.1) is 0 Å². The Hall–Kier alpha value is -1.20. The molecule has 1 aromatic rings. The van der Waals surface area contributed by atoms with Crippen molar-refractivity contribution in [3.05, 3.63) is 23.8 Å². The number of anilines is 1. The highest BCUT2D eigenvalue weighted by Crippen LogP contribution is 2.25. The maximum atomic E-state index is 12.7. The van der Waals surface area contributed by atoms with Gasteiger partial charge in [0.05, 0.1) is 23.8 Å². The van der Waals surface area contributed by atoms with E-state index in [1.54, 1.807) is 6.07 Å². The Morgan fingerprint density at radius 2 is 1.79 bits per heavy atom. The molecule has 0 saturated carbocycles. The maximum absolute atomic E-state index is 12.7. The number of hydrogen-bond acceptors (Lipinski definition) is 5. The van der Waals surface area contributed by atoms with Crippen LogP contribution in [0, 0.1) is 0 Å². The standard InChI is InChI=1S/C14H23N3O5S2/c1-4-12-5-6-13(11-14(12)15-24(20,21)16(2)3)23(18,19)17-7-9-22-10-8-17/h5-6,11,15H,4,7-10H2,1-3H3. The Kier molecular flexibility index (Phi) is 5.87. The number of rotatable bonds is 6. The van der Waals surface area contributed by atoms with Crippen molar-refractivity contribution in [1.29, 1.82) is 0 Å². The molecular formula is C14H23N3O5S2. The smallest absolute Gasteiger partial charge is 0.301 e. The van der Waals surface area contributed by atoms with E-state index in [1.165, 1.54) is 30.5 Å². The van der Waals surface area contributed by atoms with E-state index in [0.717, 1.165) is 9.87 Å². The van der Waals surface area contributed by atoms with Gasteiger partial charge in [0, 0.05) is 27.2 Å². The van der Waals surface area contributed by atoms with Gasteiger partial charge in [0.2, 0.25) is 10.0 Å². The zero-order valence-corrected chi connectivity index (χ0v) is 15.7. The fraction of sp³-hybridized carbons (Fsp3) is 0.571. The summed E-state index contributed by atoms with van der Waals surface area (Å²) in [4.78, 5) is 0.0676. The number of nitrogens with zero attached hydrogens (tertiary/aromatic N) is 2. The second-order valence-electron chi connectivity index (χ2n) is 5.58. The van der Waals surface area contributed by atoms with Gasteiger partial charge >= 0.3 is 10.2 Å². The molecule has 1 aromatic carbocycles. The third kappa shape index (κ3) is 4.06. The molecule has 8 nitrogen and oxygen atoms in total. The Morgan fingerprint density at radius 1 is 1.17 bits per heavy atom. The summed E-state index contributed by atoms with van der Waals surface area (Å²) in [6.07, 6.45) is 0.573. The molecule has 1 fully saturated rings. The molecule has 1 aliphatic heterocycles. The number of hydrogen-bond donors (Lipinski definition) is 1. The minimum absolute atomic E-state index is 0.0676. The monoisotopic (exact) mass is 377 g/mol. The van der Waals surface area contributed by atoms with E-state index < -0.39 is 20.2 Å². The molecule has 0 amide bonds. The third-order valence-corrected chi connectivity index (χ3v) is 7.12. The fourth-order valence-electron chi connectivity index (χ4n) is 2.29. The largest absolute Gasteiger partial charge is 0.379 e. The number of ether oxygens (including phenoxy) is 1. The van der Waals surface area contributed by atoms with Crippen molar-refractivity contribution in [2.24, 2.45) is 0 Å². The summed E-state index contributed by atoms with van der Waals surface area (Å²) >= 11 is 0. The van der Waals surface area contributed by atoms with E-state index in [1.807, 2.05) is 6.92 Å². The highest BCUT2D eigenvalue weighted by Gasteiger charge is 2.27. The van der Waals surface area contributed by atoms with Crippen molar-refractivity contribution >= 4 is 25.9 Å². The van der Waals surface area contributed by atoms with Crippen molar-refractivity contribution < 1.29 is 21.6 Å². The van der Waals surface area contributed by atoms with Gasteiger partial charge in [0.25, 0.3) is 0 Å². The average molecular weight is 377 g/mol. The Labute approximate surface area is 143 Å². The molecule has 0 aromatic heterocycles. The summed E-state index contributed by atoms with van der Waals surface area (Å²) < 4.78 is 59.6. The molecule has 0 aliphatic carbocycles. The summed E-state index contributed by atoms with van der Waals surface area (Å²) in [5.74, 6) is 0. The van der Waals surface area contributed by atoms with Crippen LogP contribution in [0.15, 0.2) is 23.1 Å². The highest BCUT2D eigenvalue weighted by molar-refractivity contribution is 7.90. The van der Waals surface area contributed by atoms with Crippen LogP contribution in [-0.2, 0) is 31.4 Å². The fourth-order valence-corrected chi connectivity index (χ4v) is 4.37. The highest BCUT2D eigenvalue weighted by atomic mass is 32.2. The van der Waals surface area contributed by atoms with E-state index in [9.17, 15) is 16.8 Å². The minimum atomic E-state index is -3.72. The average Bonchev–Trinajstić information content (AvgIpc) is 2.55. The van der Waals surface area contributed by atoms with Gasteiger partial charge in [-0.1, -0.05) is 13.0 Å². The van der Waals surface area contributed by atoms with Gasteiger partial charge in [-0.2, -0.15) is 17.0 Å². The lowest BCUT2D eigenvalue weighted by Gasteiger charge is -2.26. The molecular weight excluding hydrogens is 354 g/mol. The second kappa shape index (κ2) is 7.36. The first kappa shape index (κ1) is 19.1. The molecule has 2 rings (SSSR count). The molecule has 0 atom stereocenters. The van der Waals surface area contributed by atoms with Crippen LogP contribution in [0.1, 0.15) is 12.5 Å². The summed E-state index contributed by atoms with van der Waals surface area (Å²) in [6.45, 7) is 3.16. The lowest BCUT2D eigenvalue weighted by molar-refractivity contribution is 0.0730. The predicted molar refractivity (Wildman–Crippen MR) is 91.6 cm³/mol. The molecule has 0 spiro atoms. The van der Waals surface area contributed by atoms with Crippen LogP contribution in [0.25, 0.3) is 0 Å². The van der Waals surface area contributed by atoms with Crippen LogP contribution < -0.4 is 4.72 Å². The maximum Gasteiger partial charge on any atom is 0.301 e. The third-order valence-electron chi connectivity index (χ3n) is 3.79. The second-order valence-corrected chi connectivity index (χ2v) is 9.40. The zero-order chi connectivity index (χ0) is 18.0. The molecule has 1 N–H and O–H groups in total. The number of morpholine rings is 1. The first-order valence-corrected chi connectivity index (χ1v) is 10.5. The molecule has 0 bridgehead atoms. The summed E-state index contributed by atoms with van der Waals surface area (Å²) in [5.41, 5.74) is 1.00. The first-order valence-electron chi connectivity index (χ1n) is 7.59. The van der Waals surface area contributed by atoms with Gasteiger partial charge in [0.1, 0.15) is 0 Å². The SMILES string of the molecule is CCc1ccc(S(=O)(=O)N2CCOCC2)cc1NS(=O)(=O)N(C)C. The molecule has 1 aliphatic rings. The number of benzene rings is 1. The van der Waals surface area contributed by atoms with Gasteiger partial charge in [-0.05, 0) is 24.1 Å². The summed E-state index contributed by atoms with van der Waals surface area (Å²) in [7, 11) is -4.59. The van der Waals surface area contributed by atoms with Crippen LogP contribution in [0.3, 0.4) is 0 Å². The summed E-state index contributed by atoms with van der Waals surface area (Å²) in [5, 5.41) is 0. The van der Waals surface area contributed by atoms with E-state index in [-0.39, 0.29) is 23.7 Å². The Morgan fingerprint density at radius 3 is 2.33 bits per heavy atom. The van der Waals surface area contributed by atoms with Crippen LogP contribution in [0.4, 0.5) is 5.69 Å². The van der Waals surface area contributed by atoms with E-state index in [2.05, 4.69) is 4.72 Å². The number of sulfonamides is 1. The van der Waals surface area contributed by atoms with E-state index >= 15 is 0 Å². The minimum Gasteiger partial charge on any atom is -0.379 e. The van der Waals surface area contributed by atoms with Gasteiger partial charge in [-0.25, -0.2) is 8.42 Å². The van der Waals surface area contributed by atoms with Crippen LogP contribution in [0.5, 0.6) is 0 Å². The molecule has 136 valence electrons. The normalized spacial score (nSPS) is 17.2. The first-order chi connectivity index (χ1) is 11.2. The van der Waals surface area contributed by atoms with Crippen LogP contribution in [-0.4, -0.2) is 65.8 Å². The van der Waals surface area contributed by atoms with Crippen molar-refractivity contribution in [2.75, 3.05) is 45.1 Å². The van der Waals surface area contributed by atoms with Crippen molar-refractivity contribution in [3.63, 3.8) is 0 Å². The molecule has 0 unspecified atom stereocenters. The van der Waals surface area contributed by atoms with Crippen molar-refractivity contribution in [2.45, 2.75) is 18.2 Å². The van der Waals surface area contributed by atoms with E-state index in [4.69, 9.17) is 4.74 Å². The number of aryl methyl sites for hydroxylation is 1. The van der Waals surface area contributed by atoms with Crippen molar-refractivity contribution in [1.82, 2.24) is 8.61 Å². The van der Waals surface area contributed by atoms with E-state index in [0.29, 0.717) is 19.6 Å². The topological polar surface area (TPSA) is 96.0 Å². The quantitative estimate of drug-likeness (QED) is 0.778. The summed E-state index contributed by atoms with van der Waals surface area (Å²) in [6, 6.07) is 4.53. The van der Waals surface area contributed by atoms with Gasteiger partial charge < -0.3 is 4.74 Å². The van der Waals surface area contributed by atoms with Crippen LogP contribution in [0.2, 0.25) is 0 Å².